The van der Waals surface area contributed by atoms with Crippen molar-refractivity contribution in [2.45, 2.75) is 12.8 Å². The largest absolute Gasteiger partial charge is 0.465 e. The zero-order valence-corrected chi connectivity index (χ0v) is 14.1. The van der Waals surface area contributed by atoms with E-state index in [-0.39, 0.29) is 11.8 Å². The Balaban J connectivity index is 1.69. The first-order chi connectivity index (χ1) is 12.2. The molecule has 1 aromatic carbocycles. The fraction of sp³-hybridized carbons (Fsp3) is 0.105. The number of nitriles is 1. The normalized spacial score (nSPS) is 16.4. The Kier molecular flexibility index (Phi) is 3.71. The van der Waals surface area contributed by atoms with Crippen molar-refractivity contribution in [3.8, 4) is 17.3 Å². The highest BCUT2D eigenvalue weighted by atomic mass is 32.1. The number of carbonyl (C=O) groups is 1. The van der Waals surface area contributed by atoms with Crippen LogP contribution in [0.4, 0.5) is 5.69 Å². The molecule has 0 saturated carbocycles. The van der Waals surface area contributed by atoms with Gasteiger partial charge in [0.15, 0.2) is 0 Å². The van der Waals surface area contributed by atoms with E-state index in [9.17, 15) is 10.1 Å². The zero-order chi connectivity index (χ0) is 17.4. The number of furan rings is 1. The average molecular weight is 347 g/mol. The van der Waals surface area contributed by atoms with Crippen LogP contribution in [-0.2, 0) is 4.79 Å². The molecule has 2 aromatic heterocycles. The van der Waals surface area contributed by atoms with Gasteiger partial charge in [-0.2, -0.15) is 5.26 Å². The van der Waals surface area contributed by atoms with Crippen molar-refractivity contribution in [1.29, 1.82) is 5.26 Å². The minimum Gasteiger partial charge on any atom is -0.465 e. The van der Waals surface area contributed by atoms with Crippen LogP contribution in [0.15, 0.2) is 46.4 Å². The molecule has 4 rings (SSSR count). The molecule has 1 aliphatic heterocycles. The molecule has 6 heteroatoms. The lowest BCUT2D eigenvalue weighted by atomic mass is 9.99. The van der Waals surface area contributed by atoms with Crippen LogP contribution >= 0.6 is 11.3 Å². The molecule has 0 spiro atoms. The van der Waals surface area contributed by atoms with Crippen molar-refractivity contribution in [1.82, 2.24) is 4.98 Å². The van der Waals surface area contributed by atoms with Crippen molar-refractivity contribution in [2.24, 2.45) is 0 Å². The Morgan fingerprint density at radius 2 is 2.32 bits per heavy atom. The third-order valence-electron chi connectivity index (χ3n) is 4.15. The molecular weight excluding hydrogens is 334 g/mol. The van der Waals surface area contributed by atoms with E-state index in [1.807, 2.05) is 30.5 Å². The number of hydrogen-bond donors (Lipinski definition) is 1. The highest BCUT2D eigenvalue weighted by Crippen LogP contribution is 2.36. The summed E-state index contributed by atoms with van der Waals surface area (Å²) in [5, 5.41) is 14.8. The quantitative estimate of drug-likeness (QED) is 0.706. The Bertz CT molecular complexity index is 1030. The number of nitrogens with one attached hydrogen (secondary N) is 1. The van der Waals surface area contributed by atoms with Crippen LogP contribution in [0.5, 0.6) is 0 Å². The van der Waals surface area contributed by atoms with Crippen molar-refractivity contribution in [2.75, 3.05) is 5.32 Å². The summed E-state index contributed by atoms with van der Waals surface area (Å²) in [6.07, 6.45) is 3.24. The number of fused-ring (bicyclic) bond motifs is 1. The molecule has 3 aromatic rings. The van der Waals surface area contributed by atoms with E-state index < -0.39 is 0 Å². The number of nitrogens with zero attached hydrogens (tertiary/aromatic N) is 2. The predicted molar refractivity (Wildman–Crippen MR) is 96.8 cm³/mol. The molecule has 0 saturated heterocycles. The zero-order valence-electron chi connectivity index (χ0n) is 13.3. The van der Waals surface area contributed by atoms with E-state index in [0.29, 0.717) is 16.3 Å². The molecule has 25 heavy (non-hydrogen) atoms. The molecule has 0 bridgehead atoms. The highest BCUT2D eigenvalue weighted by Gasteiger charge is 2.26. The standard InChI is InChI=1S/C19H13N3O2S/c1-11-15-8-12(4-5-16(15)21-18(11)23)17-10-25-19(22-17)13(9-20)7-14-3-2-6-24-14/h2-8,10-11H,1H3,(H,21,23)/b13-7+/t11-/m0/s1. The van der Waals surface area contributed by atoms with E-state index in [1.54, 1.807) is 24.5 Å². The van der Waals surface area contributed by atoms with Gasteiger partial charge in [-0.05, 0) is 36.8 Å². The van der Waals surface area contributed by atoms with Crippen LogP contribution < -0.4 is 5.32 Å². The molecular formula is C19H13N3O2S. The van der Waals surface area contributed by atoms with E-state index in [1.165, 1.54) is 11.3 Å². The van der Waals surface area contributed by atoms with E-state index in [0.717, 1.165) is 22.5 Å². The molecule has 1 atom stereocenters. The van der Waals surface area contributed by atoms with Gasteiger partial charge in [0.2, 0.25) is 5.91 Å². The van der Waals surface area contributed by atoms with Crippen LogP contribution in [0.1, 0.15) is 29.2 Å². The number of rotatable bonds is 3. The number of hydrogen-bond acceptors (Lipinski definition) is 5. The number of anilines is 1. The highest BCUT2D eigenvalue weighted by molar-refractivity contribution is 7.11. The van der Waals surface area contributed by atoms with Crippen molar-refractivity contribution in [3.63, 3.8) is 0 Å². The maximum absolute atomic E-state index is 11.8. The van der Waals surface area contributed by atoms with Gasteiger partial charge in [0.05, 0.1) is 23.4 Å². The number of allylic oxidation sites excluding steroid dienone is 1. The third-order valence-corrected chi connectivity index (χ3v) is 5.03. The van der Waals surface area contributed by atoms with Gasteiger partial charge in [-0.3, -0.25) is 4.79 Å². The van der Waals surface area contributed by atoms with E-state index in [2.05, 4.69) is 16.4 Å². The SMILES string of the molecule is C[C@@H]1C(=O)Nc2ccc(-c3csc(/C(C#N)=C/c4ccco4)n3)cc21. The van der Waals surface area contributed by atoms with Crippen LogP contribution in [0.2, 0.25) is 0 Å². The van der Waals surface area contributed by atoms with Crippen molar-refractivity contribution < 1.29 is 9.21 Å². The Morgan fingerprint density at radius 1 is 1.44 bits per heavy atom. The summed E-state index contributed by atoms with van der Waals surface area (Å²) in [6.45, 7) is 1.89. The summed E-state index contributed by atoms with van der Waals surface area (Å²) >= 11 is 1.41. The summed E-state index contributed by atoms with van der Waals surface area (Å²) in [6, 6.07) is 11.5. The van der Waals surface area contributed by atoms with Gasteiger partial charge < -0.3 is 9.73 Å². The lowest BCUT2D eigenvalue weighted by Crippen LogP contribution is -2.08. The molecule has 0 fully saturated rings. The first-order valence-electron chi connectivity index (χ1n) is 7.72. The summed E-state index contributed by atoms with van der Waals surface area (Å²) in [5.74, 6) is 0.463. The lowest BCUT2D eigenvalue weighted by Gasteiger charge is -2.03. The number of benzene rings is 1. The van der Waals surface area contributed by atoms with E-state index in [4.69, 9.17) is 4.42 Å². The van der Waals surface area contributed by atoms with Crippen LogP contribution in [0, 0.1) is 11.3 Å². The summed E-state index contributed by atoms with van der Waals surface area (Å²) in [5.41, 5.74) is 4.00. The van der Waals surface area contributed by atoms with E-state index >= 15 is 0 Å². The Labute approximate surface area is 148 Å². The minimum absolute atomic E-state index is 0.0132. The summed E-state index contributed by atoms with van der Waals surface area (Å²) in [4.78, 5) is 16.4. The molecule has 122 valence electrons. The fourth-order valence-electron chi connectivity index (χ4n) is 2.76. The van der Waals surface area contributed by atoms with Gasteiger partial charge in [-0.1, -0.05) is 6.07 Å². The molecule has 1 N–H and O–H groups in total. The smallest absolute Gasteiger partial charge is 0.231 e. The first-order valence-corrected chi connectivity index (χ1v) is 8.60. The molecule has 1 aliphatic rings. The second-order valence-corrected chi connectivity index (χ2v) is 6.59. The molecule has 0 unspecified atom stereocenters. The topological polar surface area (TPSA) is 78.9 Å². The van der Waals surface area contributed by atoms with Gasteiger partial charge in [0, 0.05) is 22.7 Å². The van der Waals surface area contributed by atoms with Gasteiger partial charge >= 0.3 is 0 Å². The molecule has 0 radical (unpaired) electrons. The van der Waals surface area contributed by atoms with Gasteiger partial charge in [-0.25, -0.2) is 4.98 Å². The monoisotopic (exact) mass is 347 g/mol. The average Bonchev–Trinajstić information content (AvgIpc) is 3.35. The second kappa shape index (κ2) is 6.04. The number of amides is 1. The third kappa shape index (κ3) is 2.75. The maximum Gasteiger partial charge on any atom is 0.231 e. The molecule has 5 nitrogen and oxygen atoms in total. The number of carbonyl (C=O) groups excluding carboxylic acids is 1. The molecule has 3 heterocycles. The Morgan fingerprint density at radius 3 is 3.08 bits per heavy atom. The van der Waals surface area contributed by atoms with Gasteiger partial charge in [0.1, 0.15) is 16.8 Å². The fourth-order valence-corrected chi connectivity index (χ4v) is 3.56. The summed E-state index contributed by atoms with van der Waals surface area (Å²) in [7, 11) is 0. The summed E-state index contributed by atoms with van der Waals surface area (Å²) < 4.78 is 5.26. The lowest BCUT2D eigenvalue weighted by molar-refractivity contribution is -0.116. The Hall–Kier alpha value is -3.17. The van der Waals surface area contributed by atoms with Gasteiger partial charge in [-0.15, -0.1) is 11.3 Å². The van der Waals surface area contributed by atoms with Crippen molar-refractivity contribution in [3.05, 3.63) is 58.3 Å². The minimum atomic E-state index is -0.165. The first kappa shape index (κ1) is 15.4. The molecule has 0 aliphatic carbocycles. The van der Waals surface area contributed by atoms with Crippen molar-refractivity contribution >= 4 is 34.6 Å². The predicted octanol–water partition coefficient (Wildman–Crippen LogP) is 4.52. The molecule has 1 amide bonds. The van der Waals surface area contributed by atoms with Crippen LogP contribution in [0.3, 0.4) is 0 Å². The number of aromatic nitrogens is 1. The number of thiazole rings is 1. The van der Waals surface area contributed by atoms with Crippen LogP contribution in [-0.4, -0.2) is 10.9 Å². The second-order valence-electron chi connectivity index (χ2n) is 5.74. The van der Waals surface area contributed by atoms with Gasteiger partial charge in [0.25, 0.3) is 0 Å². The maximum atomic E-state index is 11.8. The van der Waals surface area contributed by atoms with Crippen LogP contribution in [0.25, 0.3) is 22.9 Å².